The Morgan fingerprint density at radius 2 is 2.27 bits per heavy atom. The number of anilines is 1. The van der Waals surface area contributed by atoms with Crippen LogP contribution in [0, 0.1) is 5.82 Å². The van der Waals surface area contributed by atoms with E-state index in [0.29, 0.717) is 23.7 Å². The number of hydrogen-bond acceptors (Lipinski definition) is 5. The van der Waals surface area contributed by atoms with Gasteiger partial charge >= 0.3 is 0 Å². The molecule has 0 amide bonds. The molecule has 114 valence electrons. The predicted molar refractivity (Wildman–Crippen MR) is 77.9 cm³/mol. The first-order valence-electron chi connectivity index (χ1n) is 7.13. The first kappa shape index (κ1) is 13.3. The zero-order chi connectivity index (χ0) is 15.1. The summed E-state index contributed by atoms with van der Waals surface area (Å²) in [6.07, 6.45) is 2.47. The van der Waals surface area contributed by atoms with Gasteiger partial charge in [0.05, 0.1) is 11.7 Å². The molecular formula is C15H15FN4O2. The molecule has 22 heavy (non-hydrogen) atoms. The van der Waals surface area contributed by atoms with Crippen molar-refractivity contribution in [2.24, 2.45) is 7.05 Å². The summed E-state index contributed by atoms with van der Waals surface area (Å²) in [6, 6.07) is 6.64. The fourth-order valence-electron chi connectivity index (χ4n) is 2.81. The second kappa shape index (κ2) is 5.10. The van der Waals surface area contributed by atoms with Crippen molar-refractivity contribution in [3.05, 3.63) is 42.0 Å². The smallest absolute Gasteiger partial charge is 0.296 e. The molecule has 0 aliphatic carbocycles. The van der Waals surface area contributed by atoms with E-state index in [1.807, 2.05) is 13.1 Å². The van der Waals surface area contributed by atoms with Gasteiger partial charge in [0.25, 0.3) is 6.01 Å². The summed E-state index contributed by atoms with van der Waals surface area (Å²) < 4.78 is 26.4. The van der Waals surface area contributed by atoms with Gasteiger partial charge < -0.3 is 14.5 Å². The number of hydrogen-bond donors (Lipinski definition) is 1. The van der Waals surface area contributed by atoms with Crippen LogP contribution in [0.1, 0.15) is 18.2 Å². The van der Waals surface area contributed by atoms with Crippen molar-refractivity contribution >= 4 is 17.1 Å². The van der Waals surface area contributed by atoms with Crippen LogP contribution in [0.5, 0.6) is 0 Å². The minimum Gasteiger partial charge on any atom is -0.424 e. The van der Waals surface area contributed by atoms with E-state index in [1.54, 1.807) is 16.9 Å². The van der Waals surface area contributed by atoms with Crippen LogP contribution in [0.3, 0.4) is 0 Å². The number of rotatable bonds is 3. The number of aryl methyl sites for hydroxylation is 1. The topological polar surface area (TPSA) is 65.1 Å². The summed E-state index contributed by atoms with van der Waals surface area (Å²) in [5.74, 6) is -0.329. The van der Waals surface area contributed by atoms with Crippen LogP contribution in [-0.2, 0) is 11.8 Å². The second-order valence-electron chi connectivity index (χ2n) is 5.34. The summed E-state index contributed by atoms with van der Waals surface area (Å²) in [4.78, 5) is 4.28. The molecule has 6 nitrogen and oxygen atoms in total. The van der Waals surface area contributed by atoms with Gasteiger partial charge in [0.1, 0.15) is 17.4 Å². The van der Waals surface area contributed by atoms with Gasteiger partial charge in [-0.2, -0.15) is 10.1 Å². The number of fused-ring (bicyclic) bond motifs is 1. The molecule has 0 bridgehead atoms. The molecule has 1 aromatic carbocycles. The van der Waals surface area contributed by atoms with Gasteiger partial charge in [-0.05, 0) is 24.6 Å². The Hall–Kier alpha value is -2.41. The number of aromatic nitrogens is 3. The van der Waals surface area contributed by atoms with E-state index in [4.69, 9.17) is 9.15 Å². The molecule has 1 aliphatic rings. The van der Waals surface area contributed by atoms with E-state index in [-0.39, 0.29) is 18.0 Å². The molecule has 2 atom stereocenters. The molecule has 1 aliphatic heterocycles. The SMILES string of the molecule is Cn1nccc1[C@H]1OCC[C@@H]1Nc1nc2cc(F)ccc2o1. The predicted octanol–water partition coefficient (Wildman–Crippen LogP) is 2.64. The number of nitrogens with zero attached hydrogens (tertiary/aromatic N) is 3. The number of halogens is 1. The highest BCUT2D eigenvalue weighted by atomic mass is 19.1. The lowest BCUT2D eigenvalue weighted by molar-refractivity contribution is 0.101. The molecule has 1 saturated heterocycles. The van der Waals surface area contributed by atoms with E-state index in [2.05, 4.69) is 15.4 Å². The van der Waals surface area contributed by atoms with Gasteiger partial charge in [-0.3, -0.25) is 4.68 Å². The quantitative estimate of drug-likeness (QED) is 0.805. The van der Waals surface area contributed by atoms with Gasteiger partial charge in [0, 0.05) is 25.9 Å². The Labute approximate surface area is 125 Å². The van der Waals surface area contributed by atoms with Crippen molar-refractivity contribution in [2.45, 2.75) is 18.6 Å². The lowest BCUT2D eigenvalue weighted by Gasteiger charge is -2.18. The highest BCUT2D eigenvalue weighted by molar-refractivity contribution is 5.74. The highest BCUT2D eigenvalue weighted by Gasteiger charge is 2.32. The van der Waals surface area contributed by atoms with Gasteiger partial charge in [-0.15, -0.1) is 0 Å². The van der Waals surface area contributed by atoms with Crippen molar-refractivity contribution < 1.29 is 13.5 Å². The Balaban J connectivity index is 1.59. The Bertz CT molecular complexity index is 813. The number of benzene rings is 1. The molecule has 3 aromatic rings. The minimum atomic E-state index is -0.329. The molecule has 7 heteroatoms. The first-order chi connectivity index (χ1) is 10.7. The number of nitrogens with one attached hydrogen (secondary N) is 1. The summed E-state index contributed by atoms with van der Waals surface area (Å²) >= 11 is 0. The summed E-state index contributed by atoms with van der Waals surface area (Å²) in [7, 11) is 1.89. The van der Waals surface area contributed by atoms with E-state index < -0.39 is 0 Å². The lowest BCUT2D eigenvalue weighted by Crippen LogP contribution is -2.24. The molecule has 2 aromatic heterocycles. The zero-order valence-corrected chi connectivity index (χ0v) is 12.0. The molecule has 1 N–H and O–H groups in total. The Morgan fingerprint density at radius 1 is 1.36 bits per heavy atom. The standard InChI is InChI=1S/C15H15FN4O2/c1-20-12(4-6-17-20)14-10(5-7-21-14)18-15-19-11-8-9(16)2-3-13(11)22-15/h2-4,6,8,10,14H,5,7H2,1H3,(H,18,19)/t10-,14-/m0/s1. The average Bonchev–Trinajstić information content (AvgIpc) is 3.18. The summed E-state index contributed by atoms with van der Waals surface area (Å²) in [5, 5.41) is 7.42. The maximum absolute atomic E-state index is 13.2. The normalized spacial score (nSPS) is 21.5. The van der Waals surface area contributed by atoms with Crippen molar-refractivity contribution in [2.75, 3.05) is 11.9 Å². The Morgan fingerprint density at radius 3 is 3.09 bits per heavy atom. The first-order valence-corrected chi connectivity index (χ1v) is 7.13. The third-order valence-electron chi connectivity index (χ3n) is 3.90. The number of ether oxygens (including phenoxy) is 1. The average molecular weight is 302 g/mol. The Kier molecular flexibility index (Phi) is 3.07. The van der Waals surface area contributed by atoms with Gasteiger partial charge in [0.2, 0.25) is 0 Å². The van der Waals surface area contributed by atoms with Gasteiger partial charge in [0.15, 0.2) is 5.58 Å². The van der Waals surface area contributed by atoms with Crippen LogP contribution in [0.2, 0.25) is 0 Å². The fourth-order valence-corrected chi connectivity index (χ4v) is 2.81. The largest absolute Gasteiger partial charge is 0.424 e. The minimum absolute atomic E-state index is 0.0355. The van der Waals surface area contributed by atoms with E-state index >= 15 is 0 Å². The van der Waals surface area contributed by atoms with Gasteiger partial charge in [-0.25, -0.2) is 4.39 Å². The molecule has 0 unspecified atom stereocenters. The molecule has 0 radical (unpaired) electrons. The third kappa shape index (κ3) is 2.23. The molecular weight excluding hydrogens is 287 g/mol. The number of oxazole rings is 1. The van der Waals surface area contributed by atoms with Crippen LogP contribution >= 0.6 is 0 Å². The van der Waals surface area contributed by atoms with Crippen molar-refractivity contribution in [1.29, 1.82) is 0 Å². The third-order valence-corrected chi connectivity index (χ3v) is 3.90. The zero-order valence-electron chi connectivity index (χ0n) is 12.0. The second-order valence-corrected chi connectivity index (χ2v) is 5.34. The fraction of sp³-hybridized carbons (Fsp3) is 0.333. The summed E-state index contributed by atoms with van der Waals surface area (Å²) in [5.41, 5.74) is 2.05. The van der Waals surface area contributed by atoms with E-state index in [0.717, 1.165) is 12.1 Å². The highest BCUT2D eigenvalue weighted by Crippen LogP contribution is 2.31. The van der Waals surface area contributed by atoms with Gasteiger partial charge in [-0.1, -0.05) is 0 Å². The van der Waals surface area contributed by atoms with Crippen molar-refractivity contribution in [3.8, 4) is 0 Å². The van der Waals surface area contributed by atoms with E-state index in [1.165, 1.54) is 12.1 Å². The van der Waals surface area contributed by atoms with E-state index in [9.17, 15) is 4.39 Å². The molecule has 1 fully saturated rings. The van der Waals surface area contributed by atoms with Crippen LogP contribution < -0.4 is 5.32 Å². The maximum atomic E-state index is 13.2. The molecule has 0 saturated carbocycles. The molecule has 0 spiro atoms. The van der Waals surface area contributed by atoms with Crippen LogP contribution in [0.4, 0.5) is 10.4 Å². The molecule has 4 rings (SSSR count). The van der Waals surface area contributed by atoms with Crippen LogP contribution in [-0.4, -0.2) is 27.4 Å². The maximum Gasteiger partial charge on any atom is 0.296 e. The van der Waals surface area contributed by atoms with Crippen molar-refractivity contribution in [1.82, 2.24) is 14.8 Å². The molecule has 3 heterocycles. The van der Waals surface area contributed by atoms with Crippen LogP contribution in [0.15, 0.2) is 34.9 Å². The van der Waals surface area contributed by atoms with Crippen LogP contribution in [0.25, 0.3) is 11.1 Å². The monoisotopic (exact) mass is 302 g/mol. The lowest BCUT2D eigenvalue weighted by atomic mass is 10.1. The van der Waals surface area contributed by atoms with Crippen molar-refractivity contribution in [3.63, 3.8) is 0 Å². The summed E-state index contributed by atoms with van der Waals surface area (Å²) in [6.45, 7) is 0.655.